The number of hydrogen-bond acceptors (Lipinski definition) is 3. The number of aryl methyl sites for hydroxylation is 3. The highest BCUT2D eigenvalue weighted by molar-refractivity contribution is 5.84. The van der Waals surface area contributed by atoms with Crippen molar-refractivity contribution in [2.75, 3.05) is 6.61 Å². The van der Waals surface area contributed by atoms with E-state index in [4.69, 9.17) is 9.97 Å². The van der Waals surface area contributed by atoms with Crippen LogP contribution in [-0.4, -0.2) is 26.2 Å². The number of fused-ring (bicyclic) bond motifs is 1. The summed E-state index contributed by atoms with van der Waals surface area (Å²) < 4.78 is 2.12. The molecule has 0 aliphatic heterocycles. The monoisotopic (exact) mass is 351 g/mol. The van der Waals surface area contributed by atoms with Gasteiger partial charge in [-0.15, -0.1) is 0 Å². The summed E-state index contributed by atoms with van der Waals surface area (Å²) in [4.78, 5) is 9.90. The maximum atomic E-state index is 9.55. The van der Waals surface area contributed by atoms with Gasteiger partial charge >= 0.3 is 0 Å². The van der Waals surface area contributed by atoms with Gasteiger partial charge in [0.2, 0.25) is 0 Å². The van der Waals surface area contributed by atoms with Crippen molar-refractivity contribution in [2.24, 2.45) is 0 Å². The van der Waals surface area contributed by atoms with Crippen LogP contribution in [0.25, 0.3) is 22.3 Å². The minimum absolute atomic E-state index is 0.0384. The summed E-state index contributed by atoms with van der Waals surface area (Å²) >= 11 is 0. The number of pyridine rings is 2. The lowest BCUT2D eigenvalue weighted by Crippen LogP contribution is -2.08. The average molecular weight is 351 g/mol. The first-order chi connectivity index (χ1) is 12.4. The highest BCUT2D eigenvalue weighted by Crippen LogP contribution is 2.31. The van der Waals surface area contributed by atoms with Crippen molar-refractivity contribution in [3.8, 4) is 11.3 Å². The Kier molecular flexibility index (Phi) is 5.15. The van der Waals surface area contributed by atoms with Crippen molar-refractivity contribution in [2.45, 2.75) is 59.9 Å². The molecule has 0 radical (unpaired) electrons. The van der Waals surface area contributed by atoms with Gasteiger partial charge in [0, 0.05) is 23.1 Å². The molecule has 26 heavy (non-hydrogen) atoms. The zero-order valence-corrected chi connectivity index (χ0v) is 16.7. The summed E-state index contributed by atoms with van der Waals surface area (Å²) in [5.74, 6) is 0.419. The summed E-state index contributed by atoms with van der Waals surface area (Å²) in [6.45, 7) is 12.8. The van der Waals surface area contributed by atoms with Crippen LogP contribution in [0.2, 0.25) is 0 Å². The lowest BCUT2D eigenvalue weighted by Gasteiger charge is -2.15. The van der Waals surface area contributed by atoms with Crippen molar-refractivity contribution in [1.29, 1.82) is 0 Å². The minimum atomic E-state index is 0.0384. The Labute approximate surface area is 155 Å². The van der Waals surface area contributed by atoms with Crippen LogP contribution < -0.4 is 0 Å². The fourth-order valence-electron chi connectivity index (χ4n) is 3.48. The number of rotatable bonds is 5. The largest absolute Gasteiger partial charge is 0.394 e. The molecule has 0 aliphatic carbocycles. The zero-order chi connectivity index (χ0) is 19.0. The van der Waals surface area contributed by atoms with Crippen molar-refractivity contribution in [3.63, 3.8) is 0 Å². The van der Waals surface area contributed by atoms with Gasteiger partial charge in [-0.1, -0.05) is 20.8 Å². The SMILES string of the molecule is CCc1nc(C(C)C)ccc1-c1nc2c(C)cn([C@@H](C)CO)c2cc1C. The van der Waals surface area contributed by atoms with Crippen molar-refractivity contribution in [1.82, 2.24) is 14.5 Å². The van der Waals surface area contributed by atoms with E-state index >= 15 is 0 Å². The Hall–Kier alpha value is -2.20. The molecule has 3 aromatic rings. The van der Waals surface area contributed by atoms with Gasteiger partial charge < -0.3 is 9.67 Å². The second-order valence-electron chi connectivity index (χ2n) is 7.51. The topological polar surface area (TPSA) is 50.9 Å². The standard InChI is InChI=1S/C22H29N3O/c1-7-18-17(8-9-19(23-18)13(2)3)21-14(4)10-20-22(24-21)15(5)11-25(20)16(6)12-26/h8-11,13,16,26H,7,12H2,1-6H3/t16-/m0/s1. The summed E-state index contributed by atoms with van der Waals surface area (Å²) in [5, 5.41) is 9.55. The molecule has 0 spiro atoms. The first-order valence-corrected chi connectivity index (χ1v) is 9.47. The Balaban J connectivity index is 2.21. The highest BCUT2D eigenvalue weighted by atomic mass is 16.3. The molecule has 0 fully saturated rings. The molecule has 0 unspecified atom stereocenters. The van der Waals surface area contributed by atoms with E-state index in [9.17, 15) is 5.11 Å². The van der Waals surface area contributed by atoms with Crippen LogP contribution in [0.3, 0.4) is 0 Å². The Morgan fingerprint density at radius 3 is 2.42 bits per heavy atom. The summed E-state index contributed by atoms with van der Waals surface area (Å²) in [6, 6.07) is 6.52. The van der Waals surface area contributed by atoms with E-state index in [1.54, 1.807) is 0 Å². The molecule has 0 aromatic carbocycles. The molecule has 0 aliphatic rings. The van der Waals surface area contributed by atoms with Crippen molar-refractivity contribution >= 4 is 11.0 Å². The van der Waals surface area contributed by atoms with Crippen molar-refractivity contribution in [3.05, 3.63) is 46.9 Å². The maximum Gasteiger partial charge on any atom is 0.0917 e. The maximum absolute atomic E-state index is 9.55. The van der Waals surface area contributed by atoms with Crippen LogP contribution in [0.5, 0.6) is 0 Å². The van der Waals surface area contributed by atoms with Crippen LogP contribution in [0.1, 0.15) is 62.2 Å². The van der Waals surface area contributed by atoms with E-state index in [1.165, 1.54) is 0 Å². The normalized spacial score (nSPS) is 12.9. The van der Waals surface area contributed by atoms with Gasteiger partial charge in [0.15, 0.2) is 0 Å². The van der Waals surface area contributed by atoms with Gasteiger partial charge in [0.1, 0.15) is 0 Å². The number of hydrogen-bond donors (Lipinski definition) is 1. The van der Waals surface area contributed by atoms with Crippen molar-refractivity contribution < 1.29 is 5.11 Å². The fraction of sp³-hybridized carbons (Fsp3) is 0.455. The zero-order valence-electron chi connectivity index (χ0n) is 16.7. The molecule has 3 aromatic heterocycles. The molecule has 3 heterocycles. The molecule has 1 N–H and O–H groups in total. The minimum Gasteiger partial charge on any atom is -0.394 e. The van der Waals surface area contributed by atoms with E-state index in [1.807, 2.05) is 6.92 Å². The van der Waals surface area contributed by atoms with Crippen LogP contribution in [0.15, 0.2) is 24.4 Å². The predicted molar refractivity (Wildman–Crippen MR) is 108 cm³/mol. The molecule has 0 amide bonds. The second kappa shape index (κ2) is 7.20. The van der Waals surface area contributed by atoms with Gasteiger partial charge in [-0.3, -0.25) is 4.98 Å². The van der Waals surface area contributed by atoms with Crippen LogP contribution in [-0.2, 0) is 6.42 Å². The molecular weight excluding hydrogens is 322 g/mol. The van der Waals surface area contributed by atoms with E-state index in [2.05, 4.69) is 63.6 Å². The van der Waals surface area contributed by atoms with E-state index in [0.29, 0.717) is 5.92 Å². The quantitative estimate of drug-likeness (QED) is 0.707. The Morgan fingerprint density at radius 1 is 1.08 bits per heavy atom. The first-order valence-electron chi connectivity index (χ1n) is 9.47. The van der Waals surface area contributed by atoms with Crippen LogP contribution in [0, 0.1) is 13.8 Å². The molecule has 0 bridgehead atoms. The Morgan fingerprint density at radius 2 is 1.81 bits per heavy atom. The molecular formula is C22H29N3O. The number of aromatic nitrogens is 3. The van der Waals surface area contributed by atoms with Crippen LogP contribution >= 0.6 is 0 Å². The first kappa shape index (κ1) is 18.6. The smallest absolute Gasteiger partial charge is 0.0917 e. The van der Waals surface area contributed by atoms with Gasteiger partial charge in [-0.05, 0) is 62.4 Å². The third-order valence-corrected chi connectivity index (χ3v) is 5.09. The highest BCUT2D eigenvalue weighted by Gasteiger charge is 2.17. The molecule has 138 valence electrons. The third-order valence-electron chi connectivity index (χ3n) is 5.09. The van der Waals surface area contributed by atoms with Gasteiger partial charge in [-0.2, -0.15) is 0 Å². The van der Waals surface area contributed by atoms with Gasteiger partial charge in [-0.25, -0.2) is 4.98 Å². The number of aliphatic hydroxyl groups excluding tert-OH is 1. The predicted octanol–water partition coefficient (Wildman–Crippen LogP) is 4.95. The van der Waals surface area contributed by atoms with Gasteiger partial charge in [0.05, 0.1) is 29.4 Å². The Bertz CT molecular complexity index is 940. The summed E-state index contributed by atoms with van der Waals surface area (Å²) in [5.41, 5.74) is 8.71. The molecule has 3 rings (SSSR count). The fourth-order valence-corrected chi connectivity index (χ4v) is 3.48. The third kappa shape index (κ3) is 3.14. The molecule has 4 nitrogen and oxygen atoms in total. The molecule has 0 saturated carbocycles. The summed E-state index contributed by atoms with van der Waals surface area (Å²) in [6.07, 6.45) is 2.97. The molecule has 0 saturated heterocycles. The number of nitrogens with zero attached hydrogens (tertiary/aromatic N) is 3. The lowest BCUT2D eigenvalue weighted by molar-refractivity contribution is 0.241. The van der Waals surface area contributed by atoms with E-state index in [0.717, 1.165) is 51.2 Å². The molecule has 4 heteroatoms. The van der Waals surface area contributed by atoms with Gasteiger partial charge in [0.25, 0.3) is 0 Å². The average Bonchev–Trinajstić information content (AvgIpc) is 2.95. The van der Waals surface area contributed by atoms with Crippen LogP contribution in [0.4, 0.5) is 0 Å². The second-order valence-corrected chi connectivity index (χ2v) is 7.51. The molecule has 1 atom stereocenters. The van der Waals surface area contributed by atoms with E-state index < -0.39 is 0 Å². The number of aliphatic hydroxyl groups is 1. The van der Waals surface area contributed by atoms with E-state index in [-0.39, 0.29) is 12.6 Å². The lowest BCUT2D eigenvalue weighted by atomic mass is 10.0. The summed E-state index contributed by atoms with van der Waals surface area (Å²) in [7, 11) is 0.